The van der Waals surface area contributed by atoms with Crippen molar-refractivity contribution in [3.63, 3.8) is 0 Å². The van der Waals surface area contributed by atoms with E-state index in [4.69, 9.17) is 5.73 Å². The molecule has 26 heavy (non-hydrogen) atoms. The molecule has 2 saturated carbocycles. The Morgan fingerprint density at radius 3 is 2.77 bits per heavy atom. The maximum absolute atomic E-state index is 12.6. The number of hydrogen-bond donors (Lipinski definition) is 2. The van der Waals surface area contributed by atoms with Gasteiger partial charge in [0.1, 0.15) is 0 Å². The number of ether oxygens (including phenoxy) is 1. The summed E-state index contributed by atoms with van der Waals surface area (Å²) in [4.78, 5) is 23.8. The van der Waals surface area contributed by atoms with Gasteiger partial charge in [0.2, 0.25) is 5.91 Å². The third-order valence-electron chi connectivity index (χ3n) is 5.42. The first-order valence-corrected chi connectivity index (χ1v) is 10.0. The molecule has 7 heteroatoms. The van der Waals surface area contributed by atoms with E-state index in [2.05, 4.69) is 10.1 Å². The van der Waals surface area contributed by atoms with E-state index >= 15 is 0 Å². The maximum atomic E-state index is 12.6. The van der Waals surface area contributed by atoms with E-state index in [0.29, 0.717) is 18.3 Å². The largest absolute Gasteiger partial charge is 0.469 e. The molecule has 144 valence electrons. The number of benzene rings is 1. The SMILES string of the molecule is COC(=O)CCSCc1cccc(NC(=O)C2C3CCC(C3)C2N)c1.Cl. The smallest absolute Gasteiger partial charge is 0.306 e. The molecule has 0 aromatic heterocycles. The third kappa shape index (κ3) is 4.93. The average Bonchev–Trinajstić information content (AvgIpc) is 3.20. The van der Waals surface area contributed by atoms with Crippen molar-refractivity contribution in [1.29, 1.82) is 0 Å². The van der Waals surface area contributed by atoms with Crippen molar-refractivity contribution < 1.29 is 14.3 Å². The summed E-state index contributed by atoms with van der Waals surface area (Å²) in [6.07, 6.45) is 3.83. The van der Waals surface area contributed by atoms with Crippen LogP contribution in [0.15, 0.2) is 24.3 Å². The van der Waals surface area contributed by atoms with E-state index in [1.54, 1.807) is 11.8 Å². The first-order valence-electron chi connectivity index (χ1n) is 8.88. The van der Waals surface area contributed by atoms with Crippen LogP contribution in [0.5, 0.6) is 0 Å². The fourth-order valence-corrected chi connectivity index (χ4v) is 5.01. The highest BCUT2D eigenvalue weighted by atomic mass is 35.5. The molecule has 4 atom stereocenters. The van der Waals surface area contributed by atoms with E-state index in [9.17, 15) is 9.59 Å². The first kappa shape index (κ1) is 21.1. The summed E-state index contributed by atoms with van der Waals surface area (Å²) in [6, 6.07) is 7.91. The van der Waals surface area contributed by atoms with Crippen molar-refractivity contribution in [2.75, 3.05) is 18.2 Å². The van der Waals surface area contributed by atoms with E-state index in [1.807, 2.05) is 24.3 Å². The predicted octanol–water partition coefficient (Wildman–Crippen LogP) is 3.22. The molecule has 5 nitrogen and oxygen atoms in total. The number of esters is 1. The van der Waals surface area contributed by atoms with Gasteiger partial charge in [-0.2, -0.15) is 11.8 Å². The molecule has 0 radical (unpaired) electrons. The highest BCUT2D eigenvalue weighted by Crippen LogP contribution is 2.47. The molecule has 2 bridgehead atoms. The van der Waals surface area contributed by atoms with Gasteiger partial charge in [-0.3, -0.25) is 9.59 Å². The number of halogens is 1. The van der Waals surface area contributed by atoms with Crippen LogP contribution in [0.1, 0.15) is 31.2 Å². The highest BCUT2D eigenvalue weighted by Gasteiger charge is 2.49. The van der Waals surface area contributed by atoms with Gasteiger partial charge in [0.05, 0.1) is 19.4 Å². The number of amides is 1. The number of nitrogens with one attached hydrogen (secondary N) is 1. The summed E-state index contributed by atoms with van der Waals surface area (Å²) in [5, 5.41) is 3.05. The van der Waals surface area contributed by atoms with Crippen LogP contribution in [-0.4, -0.2) is 30.8 Å². The lowest BCUT2D eigenvalue weighted by Gasteiger charge is -2.27. The fraction of sp³-hybridized carbons (Fsp3) is 0.579. The Kier molecular flexibility index (Phi) is 7.80. The maximum Gasteiger partial charge on any atom is 0.306 e. The number of nitrogens with two attached hydrogens (primary N) is 1. The van der Waals surface area contributed by atoms with Crippen LogP contribution in [-0.2, 0) is 20.1 Å². The van der Waals surface area contributed by atoms with E-state index < -0.39 is 0 Å². The van der Waals surface area contributed by atoms with Crippen LogP contribution < -0.4 is 11.1 Å². The molecule has 1 aromatic carbocycles. The van der Waals surface area contributed by atoms with Crippen LogP contribution in [0.3, 0.4) is 0 Å². The zero-order valence-corrected chi connectivity index (χ0v) is 16.6. The Balaban J connectivity index is 0.00000243. The number of hydrogen-bond acceptors (Lipinski definition) is 5. The molecule has 1 aromatic rings. The normalized spacial score (nSPS) is 26.2. The lowest BCUT2D eigenvalue weighted by Crippen LogP contribution is -2.42. The molecule has 0 aliphatic heterocycles. The van der Waals surface area contributed by atoms with Crippen molar-refractivity contribution in [1.82, 2.24) is 0 Å². The summed E-state index contributed by atoms with van der Waals surface area (Å²) >= 11 is 1.68. The molecular weight excluding hydrogens is 372 g/mol. The Labute approximate surface area is 165 Å². The van der Waals surface area contributed by atoms with Crippen LogP contribution in [0.25, 0.3) is 0 Å². The number of methoxy groups -OCH3 is 1. The van der Waals surface area contributed by atoms with Crippen LogP contribution >= 0.6 is 24.2 Å². The topological polar surface area (TPSA) is 81.4 Å². The van der Waals surface area contributed by atoms with Crippen LogP contribution in [0.2, 0.25) is 0 Å². The van der Waals surface area contributed by atoms with Crippen molar-refractivity contribution in [2.45, 2.75) is 37.5 Å². The van der Waals surface area contributed by atoms with Crippen molar-refractivity contribution in [3.05, 3.63) is 29.8 Å². The molecule has 0 heterocycles. The predicted molar refractivity (Wildman–Crippen MR) is 107 cm³/mol. The molecule has 2 fully saturated rings. The summed E-state index contributed by atoms with van der Waals surface area (Å²) in [7, 11) is 1.40. The monoisotopic (exact) mass is 398 g/mol. The summed E-state index contributed by atoms with van der Waals surface area (Å²) < 4.78 is 4.63. The van der Waals surface area contributed by atoms with Crippen molar-refractivity contribution >= 4 is 41.7 Å². The van der Waals surface area contributed by atoms with Gasteiger partial charge in [-0.05, 0) is 48.8 Å². The van der Waals surface area contributed by atoms with Crippen molar-refractivity contribution in [2.24, 2.45) is 23.5 Å². The Morgan fingerprint density at radius 2 is 2.08 bits per heavy atom. The summed E-state index contributed by atoms with van der Waals surface area (Å²) in [5.41, 5.74) is 8.22. The van der Waals surface area contributed by atoms with Gasteiger partial charge in [-0.1, -0.05) is 12.1 Å². The Bertz CT molecular complexity index is 641. The second-order valence-corrected chi connectivity index (χ2v) is 8.11. The number of thioether (sulfide) groups is 1. The molecular formula is C19H27ClN2O3S. The standard InChI is InChI=1S/C19H26N2O3S.ClH/c1-24-16(22)7-8-25-11-12-3-2-4-15(9-12)21-19(23)17-13-5-6-14(10-13)18(17)20;/h2-4,9,13-14,17-18H,5-8,10-11,20H2,1H3,(H,21,23);1H. The zero-order chi connectivity index (χ0) is 17.8. The van der Waals surface area contributed by atoms with Gasteiger partial charge in [0, 0.05) is 23.2 Å². The average molecular weight is 399 g/mol. The molecule has 2 aliphatic rings. The van der Waals surface area contributed by atoms with Crippen LogP contribution in [0, 0.1) is 17.8 Å². The quantitative estimate of drug-likeness (QED) is 0.544. The molecule has 4 unspecified atom stereocenters. The molecule has 2 aliphatic carbocycles. The number of fused-ring (bicyclic) bond motifs is 2. The van der Waals surface area contributed by atoms with Gasteiger partial charge < -0.3 is 15.8 Å². The van der Waals surface area contributed by atoms with Crippen LogP contribution in [0.4, 0.5) is 5.69 Å². The zero-order valence-electron chi connectivity index (χ0n) is 15.0. The molecule has 1 amide bonds. The minimum atomic E-state index is -0.185. The number of carbonyl (C=O) groups is 2. The third-order valence-corrected chi connectivity index (χ3v) is 6.46. The van der Waals surface area contributed by atoms with E-state index in [1.165, 1.54) is 13.5 Å². The lowest BCUT2D eigenvalue weighted by molar-refractivity contribution is -0.140. The minimum absolute atomic E-state index is 0. The first-order chi connectivity index (χ1) is 12.1. The molecule has 0 spiro atoms. The number of anilines is 1. The Hall–Kier alpha value is -1.24. The minimum Gasteiger partial charge on any atom is -0.469 e. The number of carbonyl (C=O) groups excluding carboxylic acids is 2. The van der Waals surface area contributed by atoms with Gasteiger partial charge in [-0.25, -0.2) is 0 Å². The summed E-state index contributed by atoms with van der Waals surface area (Å²) in [5.74, 6) is 2.34. The Morgan fingerprint density at radius 1 is 1.31 bits per heavy atom. The molecule has 0 saturated heterocycles. The van der Waals surface area contributed by atoms with Crippen molar-refractivity contribution in [3.8, 4) is 0 Å². The van der Waals surface area contributed by atoms with Gasteiger partial charge in [-0.15, -0.1) is 12.4 Å². The second-order valence-electron chi connectivity index (χ2n) is 7.00. The van der Waals surface area contributed by atoms with E-state index in [0.717, 1.165) is 35.6 Å². The number of rotatable bonds is 7. The van der Waals surface area contributed by atoms with E-state index in [-0.39, 0.29) is 36.2 Å². The van der Waals surface area contributed by atoms with Gasteiger partial charge in [0.25, 0.3) is 0 Å². The molecule has 3 N–H and O–H groups in total. The summed E-state index contributed by atoms with van der Waals surface area (Å²) in [6.45, 7) is 0. The molecule has 3 rings (SSSR count). The highest BCUT2D eigenvalue weighted by molar-refractivity contribution is 7.98. The second kappa shape index (κ2) is 9.62. The van der Waals surface area contributed by atoms with Gasteiger partial charge in [0.15, 0.2) is 0 Å². The van der Waals surface area contributed by atoms with Gasteiger partial charge >= 0.3 is 5.97 Å². The lowest BCUT2D eigenvalue weighted by atomic mass is 9.84. The fourth-order valence-electron chi connectivity index (χ4n) is 4.14.